The summed E-state index contributed by atoms with van der Waals surface area (Å²) >= 11 is 12.1. The average molecular weight is 423 g/mol. The number of nitrogens with zero attached hydrogens (tertiary/aromatic N) is 1. The highest BCUT2D eigenvalue weighted by molar-refractivity contribution is 6.42. The minimum atomic E-state index is -0.625. The molecule has 0 bridgehead atoms. The lowest BCUT2D eigenvalue weighted by Gasteiger charge is -2.29. The molecule has 2 amide bonds. The molecule has 1 atom stereocenters. The number of carbonyl (C=O) groups is 2. The van der Waals surface area contributed by atoms with Crippen LogP contribution in [0.2, 0.25) is 10.0 Å². The van der Waals surface area contributed by atoms with E-state index in [4.69, 9.17) is 27.9 Å². The van der Waals surface area contributed by atoms with Crippen LogP contribution < -0.4 is 10.1 Å². The zero-order valence-corrected chi connectivity index (χ0v) is 17.7. The van der Waals surface area contributed by atoms with Gasteiger partial charge >= 0.3 is 0 Å². The summed E-state index contributed by atoms with van der Waals surface area (Å²) in [6.45, 7) is 4.31. The fourth-order valence-electron chi connectivity index (χ4n) is 2.76. The minimum Gasteiger partial charge on any atom is -0.497 e. The van der Waals surface area contributed by atoms with Gasteiger partial charge in [-0.25, -0.2) is 0 Å². The summed E-state index contributed by atoms with van der Waals surface area (Å²) in [6, 6.07) is 11.9. The third-order valence-electron chi connectivity index (χ3n) is 4.37. The van der Waals surface area contributed by atoms with E-state index in [9.17, 15) is 9.59 Å². The molecule has 7 heteroatoms. The van der Waals surface area contributed by atoms with Gasteiger partial charge in [0.1, 0.15) is 11.8 Å². The second-order valence-electron chi connectivity index (χ2n) is 6.37. The molecule has 28 heavy (non-hydrogen) atoms. The van der Waals surface area contributed by atoms with Crippen LogP contribution in [0.15, 0.2) is 42.5 Å². The maximum atomic E-state index is 13.0. The van der Waals surface area contributed by atoms with Crippen LogP contribution in [0.5, 0.6) is 5.75 Å². The first kappa shape index (κ1) is 22.1. The smallest absolute Gasteiger partial charge is 0.242 e. The van der Waals surface area contributed by atoms with E-state index in [1.54, 1.807) is 49.3 Å². The number of rotatable bonds is 8. The number of hydrogen-bond acceptors (Lipinski definition) is 3. The number of benzene rings is 2. The van der Waals surface area contributed by atoms with Crippen molar-refractivity contribution in [1.29, 1.82) is 0 Å². The van der Waals surface area contributed by atoms with Gasteiger partial charge in [0.15, 0.2) is 0 Å². The van der Waals surface area contributed by atoms with Crippen molar-refractivity contribution in [2.45, 2.75) is 32.9 Å². The third-order valence-corrected chi connectivity index (χ3v) is 5.11. The zero-order chi connectivity index (χ0) is 20.7. The summed E-state index contributed by atoms with van der Waals surface area (Å²) in [5, 5.41) is 3.62. The Morgan fingerprint density at radius 2 is 1.71 bits per heavy atom. The van der Waals surface area contributed by atoms with Crippen molar-refractivity contribution in [3.8, 4) is 5.75 Å². The molecule has 0 spiro atoms. The van der Waals surface area contributed by atoms with Crippen molar-refractivity contribution in [3.63, 3.8) is 0 Å². The van der Waals surface area contributed by atoms with Gasteiger partial charge in [0.2, 0.25) is 11.8 Å². The Balaban J connectivity index is 2.23. The van der Waals surface area contributed by atoms with Crippen molar-refractivity contribution in [2.75, 3.05) is 13.7 Å². The molecule has 0 saturated heterocycles. The van der Waals surface area contributed by atoms with Crippen LogP contribution in [0.3, 0.4) is 0 Å². The molecule has 2 aromatic carbocycles. The second-order valence-corrected chi connectivity index (χ2v) is 7.18. The molecular formula is C21H24Cl2N2O3. The van der Waals surface area contributed by atoms with Gasteiger partial charge in [0, 0.05) is 13.1 Å². The third kappa shape index (κ3) is 5.88. The van der Waals surface area contributed by atoms with Crippen LogP contribution in [-0.4, -0.2) is 36.4 Å². The number of amides is 2. The molecule has 0 aliphatic heterocycles. The molecule has 0 aliphatic rings. The maximum absolute atomic E-state index is 13.0. The summed E-state index contributed by atoms with van der Waals surface area (Å²) in [4.78, 5) is 26.9. The summed E-state index contributed by atoms with van der Waals surface area (Å²) in [6.07, 6.45) is 0.176. The van der Waals surface area contributed by atoms with E-state index in [1.165, 1.54) is 0 Å². The van der Waals surface area contributed by atoms with E-state index in [2.05, 4.69) is 5.32 Å². The quantitative estimate of drug-likeness (QED) is 0.696. The van der Waals surface area contributed by atoms with E-state index in [-0.39, 0.29) is 24.8 Å². The van der Waals surface area contributed by atoms with Gasteiger partial charge in [-0.1, -0.05) is 41.4 Å². The normalized spacial score (nSPS) is 11.6. The van der Waals surface area contributed by atoms with Gasteiger partial charge in [-0.2, -0.15) is 0 Å². The van der Waals surface area contributed by atoms with Gasteiger partial charge in [0.25, 0.3) is 0 Å². The largest absolute Gasteiger partial charge is 0.497 e. The first-order valence-electron chi connectivity index (χ1n) is 8.99. The van der Waals surface area contributed by atoms with Crippen molar-refractivity contribution in [3.05, 3.63) is 63.6 Å². The Bertz CT molecular complexity index is 825. The lowest BCUT2D eigenvalue weighted by Crippen LogP contribution is -2.48. The zero-order valence-electron chi connectivity index (χ0n) is 16.2. The van der Waals surface area contributed by atoms with Gasteiger partial charge < -0.3 is 15.0 Å². The molecule has 2 aromatic rings. The summed E-state index contributed by atoms with van der Waals surface area (Å²) in [7, 11) is 1.59. The van der Waals surface area contributed by atoms with Crippen LogP contribution >= 0.6 is 23.2 Å². The monoisotopic (exact) mass is 422 g/mol. The Labute approximate surface area is 175 Å². The van der Waals surface area contributed by atoms with Gasteiger partial charge in [-0.15, -0.1) is 0 Å². The molecule has 0 fully saturated rings. The number of hydrogen-bond donors (Lipinski definition) is 1. The Morgan fingerprint density at radius 1 is 1.07 bits per heavy atom. The number of likely N-dealkylation sites (N-methyl/N-ethyl adjacent to an activating group) is 1. The molecule has 5 nitrogen and oxygen atoms in total. The lowest BCUT2D eigenvalue weighted by molar-refractivity contribution is -0.140. The molecule has 1 N–H and O–H groups in total. The highest BCUT2D eigenvalue weighted by Crippen LogP contribution is 2.24. The summed E-state index contributed by atoms with van der Waals surface area (Å²) in [5.74, 6) is 0.361. The molecule has 150 valence electrons. The molecule has 0 heterocycles. The average Bonchev–Trinajstić information content (AvgIpc) is 2.69. The lowest BCUT2D eigenvalue weighted by atomic mass is 10.1. The number of nitrogens with one attached hydrogen (secondary N) is 1. The minimum absolute atomic E-state index is 0.157. The van der Waals surface area contributed by atoms with Gasteiger partial charge in [0.05, 0.1) is 23.6 Å². The van der Waals surface area contributed by atoms with E-state index < -0.39 is 6.04 Å². The van der Waals surface area contributed by atoms with Crippen LogP contribution in [0.4, 0.5) is 0 Å². The fraction of sp³-hybridized carbons (Fsp3) is 0.333. The topological polar surface area (TPSA) is 58.6 Å². The fourth-order valence-corrected chi connectivity index (χ4v) is 3.08. The van der Waals surface area contributed by atoms with Crippen molar-refractivity contribution in [2.24, 2.45) is 0 Å². The first-order chi connectivity index (χ1) is 13.3. The highest BCUT2D eigenvalue weighted by Gasteiger charge is 2.26. The Kier molecular flexibility index (Phi) is 8.15. The molecule has 0 aromatic heterocycles. The molecule has 2 rings (SSSR count). The number of carbonyl (C=O) groups excluding carboxylic acids is 2. The van der Waals surface area contributed by atoms with Gasteiger partial charge in [-0.05, 0) is 49.2 Å². The number of methoxy groups -OCH3 is 1. The Morgan fingerprint density at radius 3 is 2.29 bits per heavy atom. The van der Waals surface area contributed by atoms with Crippen LogP contribution in [0, 0.1) is 0 Å². The predicted molar refractivity (Wildman–Crippen MR) is 112 cm³/mol. The van der Waals surface area contributed by atoms with E-state index >= 15 is 0 Å². The van der Waals surface area contributed by atoms with Crippen molar-refractivity contribution < 1.29 is 14.3 Å². The summed E-state index contributed by atoms with van der Waals surface area (Å²) in [5.41, 5.74) is 1.64. The van der Waals surface area contributed by atoms with E-state index in [0.29, 0.717) is 16.6 Å². The van der Waals surface area contributed by atoms with Crippen LogP contribution in [0.1, 0.15) is 25.0 Å². The van der Waals surface area contributed by atoms with Crippen LogP contribution in [0.25, 0.3) is 0 Å². The van der Waals surface area contributed by atoms with Crippen LogP contribution in [-0.2, 0) is 22.6 Å². The number of ether oxygens (including phenoxy) is 1. The van der Waals surface area contributed by atoms with Crippen molar-refractivity contribution >= 4 is 35.0 Å². The standard InChI is InChI=1S/C21H24Cl2N2O3/c1-4-24-21(27)14(2)25(13-16-7-10-18(22)19(23)11-16)20(26)12-15-5-8-17(28-3)9-6-15/h5-11,14H,4,12-13H2,1-3H3,(H,24,27)/t14-/m1/s1. The predicted octanol–water partition coefficient (Wildman–Crippen LogP) is 4.10. The van der Waals surface area contributed by atoms with E-state index in [1.807, 2.05) is 19.1 Å². The first-order valence-corrected chi connectivity index (χ1v) is 9.75. The molecule has 0 saturated carbocycles. The molecular weight excluding hydrogens is 399 g/mol. The molecule has 0 aliphatic carbocycles. The Hall–Kier alpha value is -2.24. The molecule has 0 radical (unpaired) electrons. The van der Waals surface area contributed by atoms with E-state index in [0.717, 1.165) is 16.9 Å². The highest BCUT2D eigenvalue weighted by atomic mass is 35.5. The van der Waals surface area contributed by atoms with Gasteiger partial charge in [-0.3, -0.25) is 9.59 Å². The molecule has 0 unspecified atom stereocenters. The second kappa shape index (κ2) is 10.3. The maximum Gasteiger partial charge on any atom is 0.242 e. The number of halogens is 2. The van der Waals surface area contributed by atoms with Crippen molar-refractivity contribution in [1.82, 2.24) is 10.2 Å². The summed E-state index contributed by atoms with van der Waals surface area (Å²) < 4.78 is 5.15. The SMILES string of the molecule is CCNC(=O)[C@@H](C)N(Cc1ccc(Cl)c(Cl)c1)C(=O)Cc1ccc(OC)cc1.